The van der Waals surface area contributed by atoms with Crippen molar-refractivity contribution in [1.82, 2.24) is 10.1 Å². The van der Waals surface area contributed by atoms with Crippen molar-refractivity contribution in [3.8, 4) is 0 Å². The maximum Gasteiger partial charge on any atom is 0.304 e. The average molecular weight is 240 g/mol. The minimum Gasteiger partial charge on any atom is -0.481 e. The van der Waals surface area contributed by atoms with Crippen LogP contribution in [0.4, 0.5) is 0 Å². The summed E-state index contributed by atoms with van der Waals surface area (Å²) in [5, 5.41) is 12.6. The Balaban J connectivity index is 2.67. The molecule has 0 atom stereocenters. The Labute approximate surface area is 101 Å². The Kier molecular flexibility index (Phi) is 4.28. The van der Waals surface area contributed by atoms with Crippen LogP contribution in [0.25, 0.3) is 0 Å². The lowest BCUT2D eigenvalue weighted by Gasteiger charge is -2.34. The summed E-state index contributed by atoms with van der Waals surface area (Å²) in [5.74, 6) is -0.0178. The fraction of sp³-hybridized carbons (Fsp3) is 0.667. The number of aliphatic carboxylic acids is 1. The summed E-state index contributed by atoms with van der Waals surface area (Å²) in [6.45, 7) is 9.11. The number of rotatable bonds is 5. The van der Waals surface area contributed by atoms with Gasteiger partial charge >= 0.3 is 5.97 Å². The van der Waals surface area contributed by atoms with Gasteiger partial charge in [0.15, 0.2) is 5.76 Å². The summed E-state index contributed by atoms with van der Waals surface area (Å²) in [5.41, 5.74) is 0.739. The second-order valence-corrected chi connectivity index (χ2v) is 5.17. The van der Waals surface area contributed by atoms with Gasteiger partial charge in [-0.2, -0.15) is 0 Å². The number of aromatic nitrogens is 1. The zero-order valence-corrected chi connectivity index (χ0v) is 10.9. The van der Waals surface area contributed by atoms with E-state index in [1.807, 2.05) is 13.0 Å². The number of carboxylic acid groups (broad SMARTS) is 1. The maximum atomic E-state index is 10.6. The van der Waals surface area contributed by atoms with Gasteiger partial charge in [-0.1, -0.05) is 5.16 Å². The number of aryl methyl sites for hydroxylation is 1. The van der Waals surface area contributed by atoms with Gasteiger partial charge in [0.2, 0.25) is 0 Å². The Bertz CT molecular complexity index is 379. The molecule has 0 aliphatic carbocycles. The van der Waals surface area contributed by atoms with Crippen LogP contribution in [0.5, 0.6) is 0 Å². The average Bonchev–Trinajstić information content (AvgIpc) is 2.56. The summed E-state index contributed by atoms with van der Waals surface area (Å²) in [7, 11) is 0. The van der Waals surface area contributed by atoms with Gasteiger partial charge in [0.05, 0.1) is 18.7 Å². The third-order valence-corrected chi connectivity index (χ3v) is 2.57. The minimum absolute atomic E-state index is 0.101. The fourth-order valence-electron chi connectivity index (χ4n) is 1.56. The molecule has 1 aromatic heterocycles. The zero-order valence-electron chi connectivity index (χ0n) is 10.9. The van der Waals surface area contributed by atoms with E-state index in [4.69, 9.17) is 9.63 Å². The van der Waals surface area contributed by atoms with Gasteiger partial charge in [-0.05, 0) is 27.7 Å². The molecule has 0 aliphatic rings. The van der Waals surface area contributed by atoms with Gasteiger partial charge in [0.1, 0.15) is 0 Å². The topological polar surface area (TPSA) is 66.6 Å². The normalized spacial score (nSPS) is 12.1. The van der Waals surface area contributed by atoms with Crippen LogP contribution in [0.1, 0.15) is 38.6 Å². The van der Waals surface area contributed by atoms with Crippen LogP contribution in [-0.4, -0.2) is 33.2 Å². The molecular formula is C12H20N2O3. The summed E-state index contributed by atoms with van der Waals surface area (Å²) in [6, 6.07) is 1.87. The van der Waals surface area contributed by atoms with Crippen molar-refractivity contribution in [3.05, 3.63) is 17.5 Å². The fourth-order valence-corrected chi connectivity index (χ4v) is 1.56. The van der Waals surface area contributed by atoms with Gasteiger partial charge in [-0.3, -0.25) is 9.69 Å². The first kappa shape index (κ1) is 13.7. The molecule has 0 saturated heterocycles. The quantitative estimate of drug-likeness (QED) is 0.853. The van der Waals surface area contributed by atoms with Crippen molar-refractivity contribution in [2.45, 2.75) is 46.2 Å². The number of hydrogen-bond donors (Lipinski definition) is 1. The van der Waals surface area contributed by atoms with Gasteiger partial charge in [-0.15, -0.1) is 0 Å². The third kappa shape index (κ3) is 4.56. The van der Waals surface area contributed by atoms with E-state index in [0.29, 0.717) is 13.1 Å². The van der Waals surface area contributed by atoms with Crippen LogP contribution in [0.3, 0.4) is 0 Å². The zero-order chi connectivity index (χ0) is 13.1. The Hall–Kier alpha value is -1.36. The first-order valence-corrected chi connectivity index (χ1v) is 5.68. The summed E-state index contributed by atoms with van der Waals surface area (Å²) in [4.78, 5) is 12.7. The predicted molar refractivity (Wildman–Crippen MR) is 63.7 cm³/mol. The molecule has 17 heavy (non-hydrogen) atoms. The molecule has 0 amide bonds. The van der Waals surface area contributed by atoms with Crippen LogP contribution in [0, 0.1) is 6.92 Å². The molecule has 0 aliphatic heterocycles. The Morgan fingerprint density at radius 3 is 2.59 bits per heavy atom. The number of carboxylic acids is 1. The Morgan fingerprint density at radius 2 is 2.18 bits per heavy atom. The molecule has 5 nitrogen and oxygen atoms in total. The summed E-state index contributed by atoms with van der Waals surface area (Å²) in [6.07, 6.45) is 0.129. The van der Waals surface area contributed by atoms with E-state index in [1.165, 1.54) is 0 Å². The highest BCUT2D eigenvalue weighted by atomic mass is 16.5. The van der Waals surface area contributed by atoms with E-state index in [-0.39, 0.29) is 12.0 Å². The van der Waals surface area contributed by atoms with E-state index in [2.05, 4.69) is 30.8 Å². The van der Waals surface area contributed by atoms with Crippen LogP contribution < -0.4 is 0 Å². The van der Waals surface area contributed by atoms with Crippen molar-refractivity contribution >= 4 is 5.97 Å². The molecular weight excluding hydrogens is 220 g/mol. The molecule has 1 aromatic rings. The monoisotopic (exact) mass is 240 g/mol. The second kappa shape index (κ2) is 5.31. The van der Waals surface area contributed by atoms with Crippen LogP contribution in [0.15, 0.2) is 10.6 Å². The van der Waals surface area contributed by atoms with Crippen molar-refractivity contribution in [2.75, 3.05) is 6.54 Å². The lowest BCUT2D eigenvalue weighted by atomic mass is 10.1. The highest BCUT2D eigenvalue weighted by Crippen LogP contribution is 2.18. The second-order valence-electron chi connectivity index (χ2n) is 5.17. The lowest BCUT2D eigenvalue weighted by Crippen LogP contribution is -2.41. The summed E-state index contributed by atoms with van der Waals surface area (Å²) < 4.78 is 5.16. The highest BCUT2D eigenvalue weighted by Gasteiger charge is 2.23. The maximum absolute atomic E-state index is 10.6. The van der Waals surface area contributed by atoms with Crippen molar-refractivity contribution in [3.63, 3.8) is 0 Å². The van der Waals surface area contributed by atoms with Crippen LogP contribution in [-0.2, 0) is 11.3 Å². The van der Waals surface area contributed by atoms with Crippen molar-refractivity contribution < 1.29 is 14.4 Å². The number of nitrogens with zero attached hydrogens (tertiary/aromatic N) is 2. The first-order chi connectivity index (χ1) is 7.79. The largest absolute Gasteiger partial charge is 0.481 e. The summed E-state index contributed by atoms with van der Waals surface area (Å²) >= 11 is 0. The third-order valence-electron chi connectivity index (χ3n) is 2.57. The van der Waals surface area contributed by atoms with Crippen molar-refractivity contribution in [2.24, 2.45) is 0 Å². The minimum atomic E-state index is -0.784. The molecule has 0 spiro atoms. The molecule has 5 heteroatoms. The number of carbonyl (C=O) groups is 1. The molecule has 0 bridgehead atoms. The van der Waals surface area contributed by atoms with E-state index in [1.54, 1.807) is 0 Å². The van der Waals surface area contributed by atoms with E-state index < -0.39 is 5.97 Å². The molecule has 0 saturated carbocycles. The highest BCUT2D eigenvalue weighted by molar-refractivity contribution is 5.66. The van der Waals surface area contributed by atoms with Crippen molar-refractivity contribution in [1.29, 1.82) is 0 Å². The SMILES string of the molecule is Cc1cc(CN(CCC(=O)O)C(C)(C)C)on1. The Morgan fingerprint density at radius 1 is 1.53 bits per heavy atom. The molecule has 0 aromatic carbocycles. The predicted octanol–water partition coefficient (Wildman–Crippen LogP) is 2.06. The van der Waals surface area contributed by atoms with E-state index in [9.17, 15) is 4.79 Å². The molecule has 0 unspecified atom stereocenters. The molecule has 1 rings (SSSR count). The van der Waals surface area contributed by atoms with Gasteiger partial charge in [0, 0.05) is 18.2 Å². The number of hydrogen-bond acceptors (Lipinski definition) is 4. The van der Waals surface area contributed by atoms with Gasteiger partial charge in [-0.25, -0.2) is 0 Å². The van der Waals surface area contributed by atoms with Crippen LogP contribution in [0.2, 0.25) is 0 Å². The smallest absolute Gasteiger partial charge is 0.304 e. The molecule has 1 N–H and O–H groups in total. The lowest BCUT2D eigenvalue weighted by molar-refractivity contribution is -0.137. The van der Waals surface area contributed by atoms with Crippen LogP contribution >= 0.6 is 0 Å². The van der Waals surface area contributed by atoms with E-state index in [0.717, 1.165) is 11.5 Å². The van der Waals surface area contributed by atoms with Gasteiger partial charge in [0.25, 0.3) is 0 Å². The molecule has 0 radical (unpaired) electrons. The van der Waals surface area contributed by atoms with E-state index >= 15 is 0 Å². The molecule has 96 valence electrons. The first-order valence-electron chi connectivity index (χ1n) is 5.68. The van der Waals surface area contributed by atoms with Gasteiger partial charge < -0.3 is 9.63 Å². The molecule has 0 fully saturated rings. The molecule has 1 heterocycles. The standard InChI is InChI=1S/C12H20N2O3/c1-9-7-10(17-13-9)8-14(12(2,3)4)6-5-11(15)16/h7H,5-6,8H2,1-4H3,(H,15,16).